The van der Waals surface area contributed by atoms with Crippen LogP contribution in [0.25, 0.3) is 11.3 Å². The summed E-state index contributed by atoms with van der Waals surface area (Å²) in [4.78, 5) is 27.8. The lowest BCUT2D eigenvalue weighted by Gasteiger charge is -2.10. The molecule has 9 heteroatoms. The Labute approximate surface area is 158 Å². The van der Waals surface area contributed by atoms with Crippen molar-refractivity contribution in [2.75, 3.05) is 5.32 Å². The lowest BCUT2D eigenvalue weighted by atomic mass is 10.0. The molecule has 1 aromatic carbocycles. The van der Waals surface area contributed by atoms with Crippen LogP contribution in [0, 0.1) is 17.5 Å². The van der Waals surface area contributed by atoms with Crippen LogP contribution in [0.2, 0.25) is 0 Å². The Hall–Kier alpha value is -3.49. The molecule has 1 amide bonds. The van der Waals surface area contributed by atoms with Gasteiger partial charge in [-0.2, -0.15) is 5.10 Å². The molecule has 0 atom stereocenters. The second kappa shape index (κ2) is 7.63. The van der Waals surface area contributed by atoms with E-state index in [1.165, 1.54) is 17.1 Å². The highest BCUT2D eigenvalue weighted by Gasteiger charge is 2.22. The van der Waals surface area contributed by atoms with Crippen LogP contribution in [-0.2, 0) is 7.05 Å². The number of ketones is 1. The summed E-state index contributed by atoms with van der Waals surface area (Å²) in [6, 6.07) is 3.64. The van der Waals surface area contributed by atoms with Gasteiger partial charge in [-0.25, -0.2) is 18.2 Å². The highest BCUT2D eigenvalue weighted by Crippen LogP contribution is 2.28. The summed E-state index contributed by atoms with van der Waals surface area (Å²) in [7, 11) is 1.66. The van der Waals surface area contributed by atoms with E-state index in [-0.39, 0.29) is 17.7 Å². The number of rotatable bonds is 5. The Morgan fingerprint density at radius 2 is 1.79 bits per heavy atom. The van der Waals surface area contributed by atoms with E-state index in [4.69, 9.17) is 0 Å². The zero-order valence-corrected chi connectivity index (χ0v) is 15.0. The molecular weight excluding hydrogens is 373 g/mol. The lowest BCUT2D eigenvalue weighted by Crippen LogP contribution is -2.14. The van der Waals surface area contributed by atoms with Gasteiger partial charge in [-0.1, -0.05) is 6.92 Å². The van der Waals surface area contributed by atoms with Crippen LogP contribution in [0.5, 0.6) is 0 Å². The number of aryl methyl sites for hydroxylation is 1. The molecule has 0 bridgehead atoms. The standard InChI is InChI=1S/C19H15F3N4O2/c1-3-16(27)10-6-13(21)17(14(22)7-10)18-12(20)4-5-15(25-18)19(28)24-11-8-23-26(2)9-11/h4-9H,3H2,1-2H3,(H,24,28). The number of aromatic nitrogens is 3. The van der Waals surface area contributed by atoms with Crippen LogP contribution >= 0.6 is 0 Å². The molecule has 2 heterocycles. The number of nitrogens with zero attached hydrogens (tertiary/aromatic N) is 3. The van der Waals surface area contributed by atoms with Crippen molar-refractivity contribution in [1.29, 1.82) is 0 Å². The van der Waals surface area contributed by atoms with E-state index in [1.54, 1.807) is 14.0 Å². The fourth-order valence-corrected chi connectivity index (χ4v) is 2.59. The SMILES string of the molecule is CCC(=O)c1cc(F)c(-c2nc(C(=O)Nc3cnn(C)c3)ccc2F)c(F)c1. The highest BCUT2D eigenvalue weighted by molar-refractivity contribution is 6.03. The molecular formula is C19H15F3N4O2. The van der Waals surface area contributed by atoms with Gasteiger partial charge in [0.15, 0.2) is 5.78 Å². The average Bonchev–Trinajstić information content (AvgIpc) is 3.06. The van der Waals surface area contributed by atoms with Gasteiger partial charge in [0.2, 0.25) is 0 Å². The van der Waals surface area contributed by atoms with Crippen molar-refractivity contribution in [2.24, 2.45) is 7.05 Å². The number of carbonyl (C=O) groups excluding carboxylic acids is 2. The predicted octanol–water partition coefficient (Wildman–Crippen LogP) is 3.74. The van der Waals surface area contributed by atoms with Gasteiger partial charge in [0.05, 0.1) is 17.4 Å². The number of nitrogens with one attached hydrogen (secondary N) is 1. The fraction of sp³-hybridized carbons (Fsp3) is 0.158. The number of anilines is 1. The van der Waals surface area contributed by atoms with Crippen LogP contribution in [0.4, 0.5) is 18.9 Å². The van der Waals surface area contributed by atoms with Gasteiger partial charge in [-0.3, -0.25) is 14.3 Å². The maximum Gasteiger partial charge on any atom is 0.274 e. The third-order valence-electron chi connectivity index (χ3n) is 3.96. The first-order chi connectivity index (χ1) is 13.3. The summed E-state index contributed by atoms with van der Waals surface area (Å²) in [5.74, 6) is -4.46. The monoisotopic (exact) mass is 388 g/mol. The molecule has 2 aromatic heterocycles. The van der Waals surface area contributed by atoms with E-state index in [2.05, 4.69) is 15.4 Å². The van der Waals surface area contributed by atoms with Crippen LogP contribution in [0.3, 0.4) is 0 Å². The number of hydrogen-bond donors (Lipinski definition) is 1. The molecule has 0 aliphatic carbocycles. The normalized spacial score (nSPS) is 10.8. The average molecular weight is 388 g/mol. The van der Waals surface area contributed by atoms with Crippen molar-refractivity contribution in [3.63, 3.8) is 0 Å². The summed E-state index contributed by atoms with van der Waals surface area (Å²) in [6.07, 6.45) is 2.99. The van der Waals surface area contributed by atoms with Gasteiger partial charge in [0, 0.05) is 25.2 Å². The predicted molar refractivity (Wildman–Crippen MR) is 95.3 cm³/mol. The van der Waals surface area contributed by atoms with Crippen molar-refractivity contribution >= 4 is 17.4 Å². The molecule has 0 aliphatic heterocycles. The summed E-state index contributed by atoms with van der Waals surface area (Å²) in [6.45, 7) is 1.55. The van der Waals surface area contributed by atoms with Gasteiger partial charge in [0.1, 0.15) is 28.8 Å². The Morgan fingerprint density at radius 3 is 2.36 bits per heavy atom. The van der Waals surface area contributed by atoms with Crippen LogP contribution in [-0.4, -0.2) is 26.5 Å². The summed E-state index contributed by atoms with van der Waals surface area (Å²) in [5.41, 5.74) is -1.44. The number of carbonyl (C=O) groups is 2. The molecule has 0 saturated heterocycles. The molecule has 144 valence electrons. The smallest absolute Gasteiger partial charge is 0.274 e. The molecule has 0 aliphatic rings. The molecule has 6 nitrogen and oxygen atoms in total. The first-order valence-corrected chi connectivity index (χ1v) is 8.29. The molecule has 0 radical (unpaired) electrons. The maximum atomic E-state index is 14.4. The van der Waals surface area contributed by atoms with E-state index < -0.39 is 40.4 Å². The first kappa shape index (κ1) is 19.3. The second-order valence-corrected chi connectivity index (χ2v) is 5.98. The summed E-state index contributed by atoms with van der Waals surface area (Å²) < 4.78 is 44.6. The van der Waals surface area contributed by atoms with E-state index in [1.807, 2.05) is 0 Å². The number of halogens is 3. The first-order valence-electron chi connectivity index (χ1n) is 8.29. The van der Waals surface area contributed by atoms with Gasteiger partial charge in [-0.05, 0) is 24.3 Å². The molecule has 3 rings (SSSR count). The number of Topliss-reactive ketones (excluding diaryl/α,β-unsaturated/α-hetero) is 1. The maximum absolute atomic E-state index is 14.4. The number of amides is 1. The Kier molecular flexibility index (Phi) is 5.25. The quantitative estimate of drug-likeness (QED) is 0.676. The van der Waals surface area contributed by atoms with E-state index in [0.717, 1.165) is 24.3 Å². The van der Waals surface area contributed by atoms with E-state index in [9.17, 15) is 22.8 Å². The Morgan fingerprint density at radius 1 is 1.11 bits per heavy atom. The van der Waals surface area contributed by atoms with Gasteiger partial charge >= 0.3 is 0 Å². The molecule has 0 fully saturated rings. The molecule has 0 saturated carbocycles. The fourth-order valence-electron chi connectivity index (χ4n) is 2.59. The lowest BCUT2D eigenvalue weighted by molar-refractivity contribution is 0.0985. The van der Waals surface area contributed by atoms with Crippen molar-refractivity contribution in [3.05, 3.63) is 65.4 Å². The van der Waals surface area contributed by atoms with Gasteiger partial charge in [-0.15, -0.1) is 0 Å². The minimum absolute atomic E-state index is 0.0643. The molecule has 0 spiro atoms. The van der Waals surface area contributed by atoms with Crippen LogP contribution in [0.15, 0.2) is 36.7 Å². The van der Waals surface area contributed by atoms with Gasteiger partial charge < -0.3 is 5.32 Å². The van der Waals surface area contributed by atoms with Crippen molar-refractivity contribution in [3.8, 4) is 11.3 Å². The number of hydrogen-bond acceptors (Lipinski definition) is 4. The summed E-state index contributed by atoms with van der Waals surface area (Å²) in [5, 5.41) is 6.39. The van der Waals surface area contributed by atoms with E-state index >= 15 is 0 Å². The Balaban J connectivity index is 2.00. The molecule has 28 heavy (non-hydrogen) atoms. The second-order valence-electron chi connectivity index (χ2n) is 5.98. The molecule has 1 N–H and O–H groups in total. The number of benzene rings is 1. The third-order valence-corrected chi connectivity index (χ3v) is 3.96. The van der Waals surface area contributed by atoms with Gasteiger partial charge in [0.25, 0.3) is 5.91 Å². The summed E-state index contributed by atoms with van der Waals surface area (Å²) >= 11 is 0. The largest absolute Gasteiger partial charge is 0.318 e. The number of pyridine rings is 1. The zero-order chi connectivity index (χ0) is 20.4. The Bertz CT molecular complexity index is 1060. The minimum atomic E-state index is -1.15. The minimum Gasteiger partial charge on any atom is -0.318 e. The third kappa shape index (κ3) is 3.78. The van der Waals surface area contributed by atoms with Crippen molar-refractivity contribution in [2.45, 2.75) is 13.3 Å². The van der Waals surface area contributed by atoms with E-state index in [0.29, 0.717) is 5.69 Å². The topological polar surface area (TPSA) is 76.9 Å². The highest BCUT2D eigenvalue weighted by atomic mass is 19.1. The molecule has 0 unspecified atom stereocenters. The molecule has 3 aromatic rings. The van der Waals surface area contributed by atoms with Crippen molar-refractivity contribution < 1.29 is 22.8 Å². The van der Waals surface area contributed by atoms with Crippen molar-refractivity contribution in [1.82, 2.24) is 14.8 Å². The van der Waals surface area contributed by atoms with Crippen LogP contribution < -0.4 is 5.32 Å². The van der Waals surface area contributed by atoms with Crippen LogP contribution in [0.1, 0.15) is 34.2 Å². The zero-order valence-electron chi connectivity index (χ0n) is 15.0.